The minimum absolute atomic E-state index is 0.181. The Morgan fingerprint density at radius 1 is 1.55 bits per heavy atom. The number of hydrogen-bond donors (Lipinski definition) is 1. The molecule has 1 aliphatic rings. The Bertz CT molecular complexity index is 540. The first kappa shape index (κ1) is 15.5. The second-order valence-corrected chi connectivity index (χ2v) is 7.60. The summed E-state index contributed by atoms with van der Waals surface area (Å²) in [4.78, 5) is 0. The van der Waals surface area contributed by atoms with E-state index in [0.29, 0.717) is 19.0 Å². The van der Waals surface area contributed by atoms with Gasteiger partial charge in [-0.1, -0.05) is 0 Å². The van der Waals surface area contributed by atoms with Gasteiger partial charge in [0.2, 0.25) is 10.0 Å². The van der Waals surface area contributed by atoms with Crippen LogP contribution in [0.15, 0.2) is 12.3 Å². The Balaban J connectivity index is 2.01. The van der Waals surface area contributed by atoms with Crippen LogP contribution >= 0.6 is 0 Å². The fraction of sp³-hybridized carbons (Fsp3) is 0.769. The van der Waals surface area contributed by atoms with Crippen molar-refractivity contribution in [3.05, 3.63) is 18.0 Å². The maximum Gasteiger partial charge on any atom is 0.211 e. The van der Waals surface area contributed by atoms with Gasteiger partial charge < -0.3 is 5.32 Å². The molecule has 0 amide bonds. The van der Waals surface area contributed by atoms with Gasteiger partial charge in [0, 0.05) is 26.3 Å². The Morgan fingerprint density at radius 2 is 2.30 bits per heavy atom. The monoisotopic (exact) mass is 300 g/mol. The summed E-state index contributed by atoms with van der Waals surface area (Å²) < 4.78 is 26.7. The third-order valence-electron chi connectivity index (χ3n) is 3.96. The summed E-state index contributed by atoms with van der Waals surface area (Å²) in [5, 5.41) is 7.73. The first-order chi connectivity index (χ1) is 9.40. The summed E-state index contributed by atoms with van der Waals surface area (Å²) >= 11 is 0. The van der Waals surface area contributed by atoms with Crippen molar-refractivity contribution in [3.63, 3.8) is 0 Å². The van der Waals surface area contributed by atoms with Crippen molar-refractivity contribution in [2.24, 2.45) is 13.0 Å². The molecule has 0 aromatic carbocycles. The zero-order valence-corrected chi connectivity index (χ0v) is 13.2. The van der Waals surface area contributed by atoms with Crippen LogP contribution < -0.4 is 5.32 Å². The molecule has 114 valence electrons. The van der Waals surface area contributed by atoms with Crippen LogP contribution in [0.5, 0.6) is 0 Å². The molecular weight excluding hydrogens is 276 g/mol. The average Bonchev–Trinajstić information content (AvgIpc) is 2.82. The highest BCUT2D eigenvalue weighted by molar-refractivity contribution is 7.88. The highest BCUT2D eigenvalue weighted by atomic mass is 32.2. The van der Waals surface area contributed by atoms with Crippen LogP contribution in [0.4, 0.5) is 0 Å². The largest absolute Gasteiger partial charge is 0.312 e. The van der Waals surface area contributed by atoms with Crippen molar-refractivity contribution >= 4 is 10.0 Å². The van der Waals surface area contributed by atoms with Gasteiger partial charge in [0.25, 0.3) is 0 Å². The number of rotatable bonds is 5. The smallest absolute Gasteiger partial charge is 0.211 e. The molecule has 2 atom stereocenters. The van der Waals surface area contributed by atoms with E-state index < -0.39 is 10.0 Å². The molecule has 1 aromatic heterocycles. The molecule has 1 fully saturated rings. The predicted molar refractivity (Wildman–Crippen MR) is 78.8 cm³/mol. The Morgan fingerprint density at radius 3 is 2.85 bits per heavy atom. The molecule has 1 aromatic rings. The summed E-state index contributed by atoms with van der Waals surface area (Å²) in [6, 6.07) is 2.19. The van der Waals surface area contributed by atoms with Crippen LogP contribution in [0.2, 0.25) is 0 Å². The second-order valence-electron chi connectivity index (χ2n) is 5.62. The van der Waals surface area contributed by atoms with Gasteiger partial charge >= 0.3 is 0 Å². The van der Waals surface area contributed by atoms with Gasteiger partial charge in [-0.15, -0.1) is 0 Å². The molecule has 20 heavy (non-hydrogen) atoms. The lowest BCUT2D eigenvalue weighted by atomic mass is 9.91. The van der Waals surface area contributed by atoms with Gasteiger partial charge in [-0.25, -0.2) is 12.7 Å². The highest BCUT2D eigenvalue weighted by Gasteiger charge is 2.28. The van der Waals surface area contributed by atoms with E-state index in [1.807, 2.05) is 26.4 Å². The molecule has 0 aliphatic carbocycles. The van der Waals surface area contributed by atoms with E-state index >= 15 is 0 Å². The number of piperidine rings is 1. The minimum Gasteiger partial charge on any atom is -0.312 e. The molecule has 0 bridgehead atoms. The fourth-order valence-electron chi connectivity index (χ4n) is 2.86. The topological polar surface area (TPSA) is 67.2 Å². The average molecular weight is 300 g/mol. The molecule has 0 radical (unpaired) electrons. The van der Waals surface area contributed by atoms with E-state index in [1.54, 1.807) is 8.99 Å². The molecule has 2 heterocycles. The number of aromatic nitrogens is 2. The van der Waals surface area contributed by atoms with Crippen molar-refractivity contribution in [3.8, 4) is 0 Å². The maximum atomic E-state index is 11.7. The molecule has 6 nitrogen and oxygen atoms in total. The van der Waals surface area contributed by atoms with E-state index in [2.05, 4.69) is 10.4 Å². The van der Waals surface area contributed by atoms with Crippen molar-refractivity contribution in [2.45, 2.75) is 25.3 Å². The summed E-state index contributed by atoms with van der Waals surface area (Å²) in [5.41, 5.74) is 1.02. The zero-order chi connectivity index (χ0) is 14.8. The number of hydrogen-bond acceptors (Lipinski definition) is 4. The molecule has 7 heteroatoms. The van der Waals surface area contributed by atoms with Crippen molar-refractivity contribution in [2.75, 3.05) is 26.4 Å². The van der Waals surface area contributed by atoms with Crippen molar-refractivity contribution < 1.29 is 8.42 Å². The summed E-state index contributed by atoms with van der Waals surface area (Å²) in [5.74, 6) is 0.387. The van der Waals surface area contributed by atoms with Gasteiger partial charge in [-0.3, -0.25) is 4.68 Å². The van der Waals surface area contributed by atoms with Gasteiger partial charge in [-0.2, -0.15) is 5.10 Å². The van der Waals surface area contributed by atoms with Gasteiger partial charge in [-0.05, 0) is 38.3 Å². The number of nitrogens with zero attached hydrogens (tertiary/aromatic N) is 3. The van der Waals surface area contributed by atoms with Crippen LogP contribution in [-0.2, 0) is 17.1 Å². The zero-order valence-electron chi connectivity index (χ0n) is 12.4. The molecule has 1 N–H and O–H groups in total. The number of nitrogens with one attached hydrogen (secondary N) is 1. The minimum atomic E-state index is -3.07. The van der Waals surface area contributed by atoms with Gasteiger partial charge in [0.05, 0.1) is 18.0 Å². The van der Waals surface area contributed by atoms with Crippen LogP contribution in [0.1, 0.15) is 31.0 Å². The predicted octanol–water partition coefficient (Wildman–Crippen LogP) is 0.742. The highest BCUT2D eigenvalue weighted by Crippen LogP contribution is 2.27. The van der Waals surface area contributed by atoms with E-state index in [0.717, 1.165) is 25.0 Å². The summed E-state index contributed by atoms with van der Waals surface area (Å²) in [6.45, 7) is 1.28. The Kier molecular flexibility index (Phi) is 4.82. The van der Waals surface area contributed by atoms with E-state index in [4.69, 9.17) is 0 Å². The van der Waals surface area contributed by atoms with Gasteiger partial charge in [0.15, 0.2) is 0 Å². The second kappa shape index (κ2) is 6.24. The summed E-state index contributed by atoms with van der Waals surface area (Å²) in [6.07, 6.45) is 6.17. The Labute approximate surface area is 121 Å². The standard InChI is InChI=1S/C13H24N4O2S/c1-14-13(12-6-8-16(2)15-12)9-11-5-4-7-17(10-11)20(3,18)19/h6,8,11,13-14H,4-5,7,9-10H2,1-3H3. The lowest BCUT2D eigenvalue weighted by Gasteiger charge is -2.32. The molecule has 1 saturated heterocycles. The van der Waals surface area contributed by atoms with Gasteiger partial charge in [0.1, 0.15) is 0 Å². The summed E-state index contributed by atoms with van der Waals surface area (Å²) in [7, 11) is 0.763. The van der Waals surface area contributed by atoms with Crippen LogP contribution in [0, 0.1) is 5.92 Å². The molecule has 0 spiro atoms. The quantitative estimate of drug-likeness (QED) is 0.871. The van der Waals surface area contributed by atoms with Crippen molar-refractivity contribution in [1.82, 2.24) is 19.4 Å². The molecule has 0 saturated carbocycles. The van der Waals surface area contributed by atoms with E-state index in [-0.39, 0.29) is 6.04 Å². The number of sulfonamides is 1. The Hall–Kier alpha value is -0.920. The first-order valence-corrected chi connectivity index (χ1v) is 8.87. The lowest BCUT2D eigenvalue weighted by molar-refractivity contribution is 0.239. The van der Waals surface area contributed by atoms with E-state index in [9.17, 15) is 8.42 Å². The van der Waals surface area contributed by atoms with Crippen LogP contribution in [0.3, 0.4) is 0 Å². The third-order valence-corrected chi connectivity index (χ3v) is 5.23. The van der Waals surface area contributed by atoms with Crippen molar-refractivity contribution in [1.29, 1.82) is 0 Å². The van der Waals surface area contributed by atoms with E-state index in [1.165, 1.54) is 6.26 Å². The normalized spacial score (nSPS) is 22.9. The SMILES string of the molecule is CNC(CC1CCCN(S(C)(=O)=O)C1)c1ccn(C)n1. The molecular formula is C13H24N4O2S. The van der Waals surface area contributed by atoms with Crippen LogP contribution in [-0.4, -0.2) is 48.9 Å². The lowest BCUT2D eigenvalue weighted by Crippen LogP contribution is -2.40. The number of aryl methyl sites for hydroxylation is 1. The third kappa shape index (κ3) is 3.80. The maximum absolute atomic E-state index is 11.7. The molecule has 1 aliphatic heterocycles. The first-order valence-electron chi connectivity index (χ1n) is 7.02. The molecule has 2 rings (SSSR count). The molecule has 2 unspecified atom stereocenters. The van der Waals surface area contributed by atoms with Crippen LogP contribution in [0.25, 0.3) is 0 Å². The fourth-order valence-corrected chi connectivity index (χ4v) is 3.80.